The molecule has 0 aliphatic carbocycles. The van der Waals surface area contributed by atoms with Crippen LogP contribution < -0.4 is 5.32 Å². The molecule has 1 saturated heterocycles. The number of rotatable bonds is 2. The maximum Gasteiger partial charge on any atom is -0.00148 e. The molecule has 1 aliphatic rings. The van der Waals surface area contributed by atoms with E-state index in [4.69, 9.17) is 0 Å². The molecular formula is C9H19N. The van der Waals surface area contributed by atoms with Gasteiger partial charge in [0.1, 0.15) is 0 Å². The molecule has 60 valence electrons. The van der Waals surface area contributed by atoms with Crippen molar-refractivity contribution in [2.45, 2.75) is 27.2 Å². The van der Waals surface area contributed by atoms with Crippen molar-refractivity contribution in [2.75, 3.05) is 13.1 Å². The van der Waals surface area contributed by atoms with E-state index < -0.39 is 0 Å². The monoisotopic (exact) mass is 141 g/mol. The van der Waals surface area contributed by atoms with Gasteiger partial charge in [0, 0.05) is 0 Å². The van der Waals surface area contributed by atoms with Crippen molar-refractivity contribution < 1.29 is 0 Å². The first kappa shape index (κ1) is 8.06. The van der Waals surface area contributed by atoms with E-state index in [1.807, 2.05) is 0 Å². The van der Waals surface area contributed by atoms with Crippen LogP contribution in [-0.4, -0.2) is 13.1 Å². The van der Waals surface area contributed by atoms with Crippen molar-refractivity contribution in [3.8, 4) is 0 Å². The summed E-state index contributed by atoms with van der Waals surface area (Å²) >= 11 is 0. The molecule has 3 unspecified atom stereocenters. The Labute approximate surface area is 64.2 Å². The summed E-state index contributed by atoms with van der Waals surface area (Å²) in [6.45, 7) is 9.49. The van der Waals surface area contributed by atoms with E-state index in [2.05, 4.69) is 26.1 Å². The van der Waals surface area contributed by atoms with Gasteiger partial charge in [0.2, 0.25) is 0 Å². The van der Waals surface area contributed by atoms with E-state index in [0.29, 0.717) is 0 Å². The van der Waals surface area contributed by atoms with Crippen LogP contribution in [0.2, 0.25) is 0 Å². The zero-order chi connectivity index (χ0) is 7.56. The van der Waals surface area contributed by atoms with Crippen molar-refractivity contribution in [2.24, 2.45) is 17.8 Å². The number of hydrogen-bond donors (Lipinski definition) is 1. The van der Waals surface area contributed by atoms with E-state index in [1.165, 1.54) is 19.5 Å². The Morgan fingerprint density at radius 2 is 2.20 bits per heavy atom. The second-order valence-corrected chi connectivity index (χ2v) is 3.68. The number of hydrogen-bond acceptors (Lipinski definition) is 1. The minimum absolute atomic E-state index is 0.898. The van der Waals surface area contributed by atoms with Crippen LogP contribution in [0.3, 0.4) is 0 Å². The standard InChI is InChI=1S/C9H19N/c1-4-7(2)9-6-10-5-8(9)3/h7-10H,4-6H2,1-3H3. The molecule has 1 fully saturated rings. The highest BCUT2D eigenvalue weighted by Crippen LogP contribution is 2.25. The lowest BCUT2D eigenvalue weighted by atomic mass is 9.85. The fourth-order valence-electron chi connectivity index (χ4n) is 1.90. The molecular weight excluding hydrogens is 122 g/mol. The smallest absolute Gasteiger partial charge is 0.00148 e. The molecule has 0 aromatic rings. The van der Waals surface area contributed by atoms with Crippen LogP contribution in [0.4, 0.5) is 0 Å². The molecule has 0 saturated carbocycles. The van der Waals surface area contributed by atoms with Gasteiger partial charge in [-0.2, -0.15) is 0 Å². The van der Waals surface area contributed by atoms with Gasteiger partial charge in [-0.15, -0.1) is 0 Å². The number of nitrogens with one attached hydrogen (secondary N) is 1. The second kappa shape index (κ2) is 3.38. The Kier molecular flexibility index (Phi) is 2.72. The lowest BCUT2D eigenvalue weighted by Crippen LogP contribution is -2.17. The van der Waals surface area contributed by atoms with Crippen molar-refractivity contribution in [3.63, 3.8) is 0 Å². The van der Waals surface area contributed by atoms with E-state index in [0.717, 1.165) is 17.8 Å². The zero-order valence-corrected chi connectivity index (χ0v) is 7.35. The first-order valence-corrected chi connectivity index (χ1v) is 4.46. The highest BCUT2D eigenvalue weighted by Gasteiger charge is 2.26. The van der Waals surface area contributed by atoms with Crippen LogP contribution in [-0.2, 0) is 0 Å². The minimum Gasteiger partial charge on any atom is -0.316 e. The Bertz CT molecular complexity index is 101. The third kappa shape index (κ3) is 1.51. The van der Waals surface area contributed by atoms with Crippen molar-refractivity contribution >= 4 is 0 Å². The lowest BCUT2D eigenvalue weighted by molar-refractivity contribution is 0.310. The summed E-state index contributed by atoms with van der Waals surface area (Å²) in [6.07, 6.45) is 1.33. The highest BCUT2D eigenvalue weighted by atomic mass is 14.9. The molecule has 0 aromatic heterocycles. The van der Waals surface area contributed by atoms with Gasteiger partial charge in [-0.1, -0.05) is 27.2 Å². The molecule has 1 aliphatic heterocycles. The SMILES string of the molecule is CCC(C)C1CNCC1C. The summed E-state index contributed by atoms with van der Waals surface area (Å²) in [7, 11) is 0. The topological polar surface area (TPSA) is 12.0 Å². The van der Waals surface area contributed by atoms with Crippen molar-refractivity contribution in [1.29, 1.82) is 0 Å². The van der Waals surface area contributed by atoms with Crippen LogP contribution in [0.5, 0.6) is 0 Å². The van der Waals surface area contributed by atoms with Gasteiger partial charge in [0.25, 0.3) is 0 Å². The summed E-state index contributed by atoms with van der Waals surface area (Å²) in [5.74, 6) is 2.74. The summed E-state index contributed by atoms with van der Waals surface area (Å²) < 4.78 is 0. The second-order valence-electron chi connectivity index (χ2n) is 3.68. The van der Waals surface area contributed by atoms with Crippen LogP contribution in [0.25, 0.3) is 0 Å². The van der Waals surface area contributed by atoms with Crippen molar-refractivity contribution in [1.82, 2.24) is 5.32 Å². The summed E-state index contributed by atoms with van der Waals surface area (Å²) in [5.41, 5.74) is 0. The van der Waals surface area contributed by atoms with Gasteiger partial charge < -0.3 is 5.32 Å². The summed E-state index contributed by atoms with van der Waals surface area (Å²) in [4.78, 5) is 0. The Morgan fingerprint density at radius 3 is 2.60 bits per heavy atom. The van der Waals surface area contributed by atoms with Crippen LogP contribution in [0, 0.1) is 17.8 Å². The maximum atomic E-state index is 3.44. The first-order chi connectivity index (χ1) is 4.75. The van der Waals surface area contributed by atoms with Gasteiger partial charge in [0.15, 0.2) is 0 Å². The fraction of sp³-hybridized carbons (Fsp3) is 1.00. The summed E-state index contributed by atoms with van der Waals surface area (Å²) in [5, 5.41) is 3.44. The van der Waals surface area contributed by atoms with Gasteiger partial charge >= 0.3 is 0 Å². The predicted molar refractivity (Wildman–Crippen MR) is 45.0 cm³/mol. The minimum atomic E-state index is 0.898. The predicted octanol–water partition coefficient (Wildman–Crippen LogP) is 1.89. The maximum absolute atomic E-state index is 3.44. The van der Waals surface area contributed by atoms with E-state index in [-0.39, 0.29) is 0 Å². The molecule has 3 atom stereocenters. The molecule has 10 heavy (non-hydrogen) atoms. The Balaban J connectivity index is 2.38. The average molecular weight is 141 g/mol. The molecule has 1 heteroatoms. The van der Waals surface area contributed by atoms with Crippen LogP contribution in [0.15, 0.2) is 0 Å². The van der Waals surface area contributed by atoms with Crippen LogP contribution in [0.1, 0.15) is 27.2 Å². The molecule has 0 amide bonds. The van der Waals surface area contributed by atoms with Gasteiger partial charge in [-0.3, -0.25) is 0 Å². The van der Waals surface area contributed by atoms with Crippen LogP contribution >= 0.6 is 0 Å². The molecule has 1 N–H and O–H groups in total. The third-order valence-corrected chi connectivity index (χ3v) is 2.95. The Morgan fingerprint density at radius 1 is 1.50 bits per heavy atom. The molecule has 0 bridgehead atoms. The highest BCUT2D eigenvalue weighted by molar-refractivity contribution is 4.80. The average Bonchev–Trinajstić information content (AvgIpc) is 2.34. The third-order valence-electron chi connectivity index (χ3n) is 2.95. The van der Waals surface area contributed by atoms with E-state index in [1.54, 1.807) is 0 Å². The summed E-state index contributed by atoms with van der Waals surface area (Å²) in [6, 6.07) is 0. The molecule has 1 nitrogen and oxygen atoms in total. The molecule has 0 aromatic carbocycles. The zero-order valence-electron chi connectivity index (χ0n) is 7.35. The van der Waals surface area contributed by atoms with Gasteiger partial charge in [0.05, 0.1) is 0 Å². The van der Waals surface area contributed by atoms with E-state index in [9.17, 15) is 0 Å². The first-order valence-electron chi connectivity index (χ1n) is 4.46. The van der Waals surface area contributed by atoms with Crippen molar-refractivity contribution in [3.05, 3.63) is 0 Å². The Hall–Kier alpha value is -0.0400. The lowest BCUT2D eigenvalue weighted by Gasteiger charge is -2.20. The molecule has 1 rings (SSSR count). The molecule has 1 heterocycles. The van der Waals surface area contributed by atoms with E-state index >= 15 is 0 Å². The normalized spacial score (nSPS) is 36.3. The van der Waals surface area contributed by atoms with Gasteiger partial charge in [-0.25, -0.2) is 0 Å². The molecule has 0 radical (unpaired) electrons. The molecule has 0 spiro atoms. The quantitative estimate of drug-likeness (QED) is 0.619. The van der Waals surface area contributed by atoms with Gasteiger partial charge in [-0.05, 0) is 30.8 Å². The largest absolute Gasteiger partial charge is 0.316 e. The fourth-order valence-corrected chi connectivity index (χ4v) is 1.90.